The standard InChI is InChI=1S/C14H17N3O4/c18-14(3-11-1-2-19-6-11)17(4-12-7-20-9-15-12)5-13-8-21-10-16-13/h7-11H,1-6H2/t11-/m0/s1. The van der Waals surface area contributed by atoms with Crippen molar-refractivity contribution >= 4 is 5.91 Å². The maximum absolute atomic E-state index is 12.5. The summed E-state index contributed by atoms with van der Waals surface area (Å²) in [6.07, 6.45) is 7.23. The van der Waals surface area contributed by atoms with Gasteiger partial charge in [-0.1, -0.05) is 0 Å². The van der Waals surface area contributed by atoms with Crippen LogP contribution in [0.25, 0.3) is 0 Å². The molecular formula is C14H17N3O4. The molecule has 0 aromatic carbocycles. The van der Waals surface area contributed by atoms with E-state index >= 15 is 0 Å². The van der Waals surface area contributed by atoms with Crippen LogP contribution in [0.5, 0.6) is 0 Å². The van der Waals surface area contributed by atoms with Crippen molar-refractivity contribution in [3.8, 4) is 0 Å². The average molecular weight is 291 g/mol. The average Bonchev–Trinajstić information content (AvgIpc) is 3.21. The predicted octanol–water partition coefficient (Wildman–Crippen LogP) is 1.62. The molecule has 1 aliphatic rings. The zero-order valence-electron chi connectivity index (χ0n) is 11.6. The van der Waals surface area contributed by atoms with Gasteiger partial charge in [0.15, 0.2) is 12.8 Å². The summed E-state index contributed by atoms with van der Waals surface area (Å²) in [7, 11) is 0. The molecule has 1 amide bonds. The largest absolute Gasteiger partial charge is 0.451 e. The third-order valence-corrected chi connectivity index (χ3v) is 3.51. The Kier molecular flexibility index (Phi) is 4.30. The Morgan fingerprint density at radius 3 is 2.33 bits per heavy atom. The van der Waals surface area contributed by atoms with Gasteiger partial charge in [-0.05, 0) is 12.3 Å². The minimum atomic E-state index is 0.0662. The van der Waals surface area contributed by atoms with E-state index in [4.69, 9.17) is 13.6 Å². The number of hydrogen-bond acceptors (Lipinski definition) is 6. The highest BCUT2D eigenvalue weighted by atomic mass is 16.5. The van der Waals surface area contributed by atoms with Gasteiger partial charge in [0.25, 0.3) is 0 Å². The Hall–Kier alpha value is -2.15. The first-order valence-corrected chi connectivity index (χ1v) is 6.91. The van der Waals surface area contributed by atoms with Gasteiger partial charge in [-0.2, -0.15) is 0 Å². The van der Waals surface area contributed by atoms with Crippen molar-refractivity contribution in [1.29, 1.82) is 0 Å². The van der Waals surface area contributed by atoms with Crippen LogP contribution in [-0.4, -0.2) is 34.0 Å². The summed E-state index contributed by atoms with van der Waals surface area (Å²) < 4.78 is 15.2. The number of nitrogens with zero attached hydrogens (tertiary/aromatic N) is 3. The van der Waals surface area contributed by atoms with Crippen LogP contribution in [0.3, 0.4) is 0 Å². The van der Waals surface area contributed by atoms with Gasteiger partial charge in [0.05, 0.1) is 24.5 Å². The molecule has 0 bridgehead atoms. The summed E-state index contributed by atoms with van der Waals surface area (Å²) in [6.45, 7) is 2.20. The molecule has 1 atom stereocenters. The quantitative estimate of drug-likeness (QED) is 0.804. The lowest BCUT2D eigenvalue weighted by Crippen LogP contribution is -2.31. The molecule has 112 valence electrons. The molecular weight excluding hydrogens is 274 g/mol. The number of oxazole rings is 2. The molecule has 0 spiro atoms. The number of amides is 1. The summed E-state index contributed by atoms with van der Waals surface area (Å²) in [5.74, 6) is 0.367. The second-order valence-corrected chi connectivity index (χ2v) is 5.14. The van der Waals surface area contributed by atoms with Gasteiger partial charge < -0.3 is 18.5 Å². The molecule has 2 aromatic rings. The van der Waals surface area contributed by atoms with Crippen molar-refractivity contribution in [3.05, 3.63) is 36.7 Å². The minimum absolute atomic E-state index is 0.0662. The highest BCUT2D eigenvalue weighted by Gasteiger charge is 2.24. The van der Waals surface area contributed by atoms with Crippen LogP contribution in [0, 0.1) is 5.92 Å². The van der Waals surface area contributed by atoms with E-state index < -0.39 is 0 Å². The maximum Gasteiger partial charge on any atom is 0.223 e. The SMILES string of the molecule is O=C(C[C@@H]1CCOC1)N(Cc1cocn1)Cc1cocn1. The topological polar surface area (TPSA) is 81.6 Å². The van der Waals surface area contributed by atoms with E-state index in [0.29, 0.717) is 32.0 Å². The van der Waals surface area contributed by atoms with E-state index in [0.717, 1.165) is 24.4 Å². The molecule has 2 aromatic heterocycles. The van der Waals surface area contributed by atoms with Crippen molar-refractivity contribution in [3.63, 3.8) is 0 Å². The highest BCUT2D eigenvalue weighted by molar-refractivity contribution is 5.76. The summed E-state index contributed by atoms with van der Waals surface area (Å²) in [5.41, 5.74) is 1.43. The fourth-order valence-corrected chi connectivity index (χ4v) is 2.37. The van der Waals surface area contributed by atoms with Crippen molar-refractivity contribution < 1.29 is 18.4 Å². The number of ether oxygens (including phenoxy) is 1. The van der Waals surface area contributed by atoms with Crippen LogP contribution in [-0.2, 0) is 22.6 Å². The van der Waals surface area contributed by atoms with Crippen LogP contribution in [0.15, 0.2) is 34.1 Å². The van der Waals surface area contributed by atoms with Crippen LogP contribution < -0.4 is 0 Å². The van der Waals surface area contributed by atoms with Crippen LogP contribution in [0.2, 0.25) is 0 Å². The van der Waals surface area contributed by atoms with E-state index in [2.05, 4.69) is 9.97 Å². The normalized spacial score (nSPS) is 18.0. The third-order valence-electron chi connectivity index (χ3n) is 3.51. The lowest BCUT2D eigenvalue weighted by molar-refractivity contribution is -0.133. The Labute approximate surface area is 121 Å². The van der Waals surface area contributed by atoms with Gasteiger partial charge in [-0.3, -0.25) is 4.79 Å². The van der Waals surface area contributed by atoms with Gasteiger partial charge in [0.1, 0.15) is 12.5 Å². The molecule has 0 aliphatic carbocycles. The molecule has 21 heavy (non-hydrogen) atoms. The van der Waals surface area contributed by atoms with Crippen molar-refractivity contribution in [2.45, 2.75) is 25.9 Å². The zero-order chi connectivity index (χ0) is 14.5. The number of hydrogen-bond donors (Lipinski definition) is 0. The third kappa shape index (κ3) is 3.69. The Morgan fingerprint density at radius 2 is 1.86 bits per heavy atom. The van der Waals surface area contributed by atoms with E-state index in [1.807, 2.05) is 0 Å². The lowest BCUT2D eigenvalue weighted by Gasteiger charge is -2.22. The number of aromatic nitrogens is 2. The van der Waals surface area contributed by atoms with Crippen LogP contribution in [0.4, 0.5) is 0 Å². The number of carbonyl (C=O) groups is 1. The Morgan fingerprint density at radius 1 is 1.19 bits per heavy atom. The lowest BCUT2D eigenvalue weighted by atomic mass is 10.0. The molecule has 0 N–H and O–H groups in total. The predicted molar refractivity (Wildman–Crippen MR) is 70.8 cm³/mol. The number of carbonyl (C=O) groups excluding carboxylic acids is 1. The monoisotopic (exact) mass is 291 g/mol. The van der Waals surface area contributed by atoms with Crippen molar-refractivity contribution in [1.82, 2.24) is 14.9 Å². The molecule has 0 saturated carbocycles. The van der Waals surface area contributed by atoms with E-state index in [9.17, 15) is 4.79 Å². The zero-order valence-corrected chi connectivity index (χ0v) is 11.6. The van der Waals surface area contributed by atoms with Crippen molar-refractivity contribution in [2.24, 2.45) is 5.92 Å². The first-order chi connectivity index (χ1) is 10.3. The molecule has 1 fully saturated rings. The van der Waals surface area contributed by atoms with Crippen LogP contribution >= 0.6 is 0 Å². The molecule has 3 rings (SSSR count). The first kappa shape index (κ1) is 13.8. The smallest absolute Gasteiger partial charge is 0.223 e. The summed E-state index contributed by atoms with van der Waals surface area (Å²) in [6, 6.07) is 0. The van der Waals surface area contributed by atoms with Gasteiger partial charge in [0.2, 0.25) is 5.91 Å². The highest BCUT2D eigenvalue weighted by Crippen LogP contribution is 2.19. The van der Waals surface area contributed by atoms with E-state index in [1.54, 1.807) is 17.4 Å². The molecule has 7 nitrogen and oxygen atoms in total. The summed E-state index contributed by atoms with van der Waals surface area (Å²) >= 11 is 0. The maximum atomic E-state index is 12.5. The molecule has 0 unspecified atom stereocenters. The second kappa shape index (κ2) is 6.53. The molecule has 0 radical (unpaired) electrons. The van der Waals surface area contributed by atoms with E-state index in [1.165, 1.54) is 12.8 Å². The second-order valence-electron chi connectivity index (χ2n) is 5.14. The molecule has 1 aliphatic heterocycles. The molecule has 7 heteroatoms. The van der Waals surface area contributed by atoms with Gasteiger partial charge in [-0.15, -0.1) is 0 Å². The molecule has 3 heterocycles. The fourth-order valence-electron chi connectivity index (χ4n) is 2.37. The van der Waals surface area contributed by atoms with E-state index in [-0.39, 0.29) is 5.91 Å². The van der Waals surface area contributed by atoms with Gasteiger partial charge in [-0.25, -0.2) is 9.97 Å². The fraction of sp³-hybridized carbons (Fsp3) is 0.500. The minimum Gasteiger partial charge on any atom is -0.451 e. The summed E-state index contributed by atoms with van der Waals surface area (Å²) in [5, 5.41) is 0. The molecule has 1 saturated heterocycles. The number of rotatable bonds is 6. The first-order valence-electron chi connectivity index (χ1n) is 6.91. The van der Waals surface area contributed by atoms with Gasteiger partial charge >= 0.3 is 0 Å². The Balaban J connectivity index is 1.66. The Bertz CT molecular complexity index is 511. The van der Waals surface area contributed by atoms with Crippen molar-refractivity contribution in [2.75, 3.05) is 13.2 Å². The van der Waals surface area contributed by atoms with Gasteiger partial charge in [0, 0.05) is 19.6 Å². The summed E-state index contributed by atoms with van der Waals surface area (Å²) in [4.78, 5) is 22.4. The van der Waals surface area contributed by atoms with Crippen LogP contribution in [0.1, 0.15) is 24.2 Å².